The normalized spacial score (nSPS) is 44.7. The molecule has 19 heteroatoms. The summed E-state index contributed by atoms with van der Waals surface area (Å²) in [4.78, 5) is 28.5. The van der Waals surface area contributed by atoms with Crippen molar-refractivity contribution in [3.8, 4) is 0 Å². The number of aliphatic hydroxyl groups is 1. The number of esters is 2. The van der Waals surface area contributed by atoms with Gasteiger partial charge in [-0.25, -0.2) is 0 Å². The van der Waals surface area contributed by atoms with E-state index in [-0.39, 0.29) is 63.6 Å². The summed E-state index contributed by atoms with van der Waals surface area (Å²) in [7, 11) is 0. The molecular formula is C44H60F8O11. The Kier molecular flexibility index (Phi) is 12.7. The third-order valence-corrected chi connectivity index (χ3v) is 16.4. The van der Waals surface area contributed by atoms with E-state index in [0.29, 0.717) is 37.5 Å². The highest BCUT2D eigenvalue weighted by molar-refractivity contribution is 5.78. The molecule has 1 N–H and O–H groups in total. The summed E-state index contributed by atoms with van der Waals surface area (Å²) < 4.78 is 159. The van der Waals surface area contributed by atoms with Crippen LogP contribution in [0.2, 0.25) is 0 Å². The van der Waals surface area contributed by atoms with Gasteiger partial charge in [-0.15, -0.1) is 0 Å². The second kappa shape index (κ2) is 17.3. The van der Waals surface area contributed by atoms with E-state index in [1.54, 1.807) is 0 Å². The Morgan fingerprint density at radius 1 is 0.492 bits per heavy atom. The molecule has 0 spiro atoms. The minimum Gasteiger partial charge on any atom is -0.462 e. The molecule has 0 aromatic heterocycles. The first-order valence-corrected chi connectivity index (χ1v) is 23.1. The molecule has 0 aromatic carbocycles. The molecule has 63 heavy (non-hydrogen) atoms. The van der Waals surface area contributed by atoms with E-state index < -0.39 is 128 Å². The lowest BCUT2D eigenvalue weighted by Gasteiger charge is -2.49. The third kappa shape index (κ3) is 9.13. The lowest BCUT2D eigenvalue weighted by molar-refractivity contribution is -0.222. The van der Waals surface area contributed by atoms with E-state index in [9.17, 15) is 49.8 Å². The summed E-state index contributed by atoms with van der Waals surface area (Å²) >= 11 is 0. The predicted molar refractivity (Wildman–Crippen MR) is 200 cm³/mol. The van der Waals surface area contributed by atoms with Crippen LogP contribution in [0.1, 0.15) is 109 Å². The van der Waals surface area contributed by atoms with Crippen LogP contribution in [0, 0.1) is 52.3 Å². The Morgan fingerprint density at radius 3 is 1.46 bits per heavy atom. The lowest BCUT2D eigenvalue weighted by Crippen LogP contribution is -2.51. The van der Waals surface area contributed by atoms with Crippen molar-refractivity contribution >= 4 is 11.9 Å². The maximum absolute atomic E-state index is 14.3. The summed E-state index contributed by atoms with van der Waals surface area (Å²) in [5, 5.41) is 10.9. The number of alkyl halides is 8. The van der Waals surface area contributed by atoms with Gasteiger partial charge in [-0.1, -0.05) is 32.1 Å². The quantitative estimate of drug-likeness (QED) is 0.180. The number of rotatable bonds is 9. The minimum atomic E-state index is -4.45. The van der Waals surface area contributed by atoms with Gasteiger partial charge in [-0.05, 0) is 101 Å². The molecule has 9 fully saturated rings. The fourth-order valence-electron chi connectivity index (χ4n) is 13.1. The van der Waals surface area contributed by atoms with Gasteiger partial charge in [0.2, 0.25) is 0 Å². The van der Waals surface area contributed by atoms with Crippen LogP contribution in [0.15, 0.2) is 0 Å². The van der Waals surface area contributed by atoms with Crippen LogP contribution in [0.25, 0.3) is 0 Å². The van der Waals surface area contributed by atoms with Crippen LogP contribution in [0.5, 0.6) is 0 Å². The van der Waals surface area contributed by atoms with Gasteiger partial charge < -0.3 is 43.0 Å². The van der Waals surface area contributed by atoms with Crippen molar-refractivity contribution in [2.75, 3.05) is 39.6 Å². The maximum Gasteiger partial charge on any atom is 0.335 e. The highest BCUT2D eigenvalue weighted by Crippen LogP contribution is 2.56. The number of carbonyl (C=O) groups excluding carboxylic acids is 2. The lowest BCUT2D eigenvalue weighted by atomic mass is 9.58. The minimum absolute atomic E-state index is 0.00305. The molecule has 6 aliphatic carbocycles. The zero-order valence-electron chi connectivity index (χ0n) is 35.3. The molecule has 9 aliphatic rings. The number of carbonyl (C=O) groups is 2. The van der Waals surface area contributed by atoms with Crippen LogP contribution < -0.4 is 0 Å². The molecule has 11 nitrogen and oxygen atoms in total. The Morgan fingerprint density at radius 2 is 0.937 bits per heavy atom. The molecule has 12 unspecified atom stereocenters. The molecule has 12 atom stereocenters. The van der Waals surface area contributed by atoms with Gasteiger partial charge in [0, 0.05) is 17.8 Å². The number of halogens is 8. The highest BCUT2D eigenvalue weighted by Gasteiger charge is 2.62. The van der Waals surface area contributed by atoms with Gasteiger partial charge >= 0.3 is 35.6 Å². The SMILES string of the molecule is O=C(OCC1OC(C2CC3CCCC(C3)C2)OC1COC(=O)C12CCC(O)C(CC(C3OCC(F)(F)C(F)(F)CO3)C1)C2)C12CCCC(CC(C3OCC(F)(F)C(F)(F)CO3)C1)C2. The van der Waals surface area contributed by atoms with E-state index >= 15 is 0 Å². The van der Waals surface area contributed by atoms with Crippen LogP contribution >= 0.6 is 0 Å². The van der Waals surface area contributed by atoms with Gasteiger partial charge in [0.15, 0.2) is 18.9 Å². The zero-order valence-corrected chi connectivity index (χ0v) is 35.3. The van der Waals surface area contributed by atoms with E-state index in [2.05, 4.69) is 0 Å². The van der Waals surface area contributed by atoms with Crippen molar-refractivity contribution in [2.24, 2.45) is 52.3 Å². The molecule has 9 rings (SSSR count). The zero-order chi connectivity index (χ0) is 44.6. The van der Waals surface area contributed by atoms with Crippen LogP contribution in [0.3, 0.4) is 0 Å². The van der Waals surface area contributed by atoms with Gasteiger partial charge in [-0.3, -0.25) is 9.59 Å². The van der Waals surface area contributed by atoms with Crippen molar-refractivity contribution < 1.29 is 87.7 Å². The van der Waals surface area contributed by atoms with Crippen molar-refractivity contribution in [1.29, 1.82) is 0 Å². The second-order valence-electron chi connectivity index (χ2n) is 20.8. The first-order chi connectivity index (χ1) is 29.8. The molecule has 3 heterocycles. The van der Waals surface area contributed by atoms with Crippen molar-refractivity contribution in [2.45, 2.75) is 170 Å². The topological polar surface area (TPSA) is 128 Å². The molecule has 6 saturated carbocycles. The fourth-order valence-corrected chi connectivity index (χ4v) is 13.1. The molecule has 0 aromatic rings. The van der Waals surface area contributed by atoms with Crippen molar-refractivity contribution in [1.82, 2.24) is 0 Å². The first kappa shape index (κ1) is 46.2. The average molecular weight is 917 g/mol. The van der Waals surface area contributed by atoms with E-state index in [4.69, 9.17) is 37.9 Å². The van der Waals surface area contributed by atoms with Crippen molar-refractivity contribution in [3.05, 3.63) is 0 Å². The number of ether oxygens (including phenoxy) is 8. The Balaban J connectivity index is 0.880. The monoisotopic (exact) mass is 916 g/mol. The molecule has 358 valence electrons. The number of hydrogen-bond acceptors (Lipinski definition) is 11. The molecule has 6 bridgehead atoms. The molecule has 0 radical (unpaired) electrons. The number of hydrogen-bond donors (Lipinski definition) is 1. The highest BCUT2D eigenvalue weighted by atomic mass is 19.3. The first-order valence-electron chi connectivity index (χ1n) is 23.1. The molecular weight excluding hydrogens is 856 g/mol. The Bertz CT molecular complexity index is 1630. The largest absolute Gasteiger partial charge is 0.462 e. The molecule has 3 saturated heterocycles. The summed E-state index contributed by atoms with van der Waals surface area (Å²) in [6.45, 7) is -6.67. The smallest absolute Gasteiger partial charge is 0.335 e. The van der Waals surface area contributed by atoms with E-state index in [1.807, 2.05) is 0 Å². The summed E-state index contributed by atoms with van der Waals surface area (Å²) in [5.74, 6) is -19.6. The van der Waals surface area contributed by atoms with Crippen LogP contribution in [0.4, 0.5) is 35.1 Å². The molecule has 3 aliphatic heterocycles. The summed E-state index contributed by atoms with van der Waals surface area (Å²) in [5.41, 5.74) is -2.23. The van der Waals surface area contributed by atoms with E-state index in [0.717, 1.165) is 38.5 Å². The predicted octanol–water partition coefficient (Wildman–Crippen LogP) is 7.83. The van der Waals surface area contributed by atoms with Gasteiger partial charge in [0.25, 0.3) is 0 Å². The Labute approximate surface area is 361 Å². The number of fused-ring (bicyclic) bond motifs is 6. The summed E-state index contributed by atoms with van der Waals surface area (Å²) in [6.07, 6.45) is 4.29. The second-order valence-corrected chi connectivity index (χ2v) is 20.8. The third-order valence-electron chi connectivity index (χ3n) is 16.4. The molecule has 0 amide bonds. The fraction of sp³-hybridized carbons (Fsp3) is 0.955. The van der Waals surface area contributed by atoms with E-state index in [1.165, 1.54) is 6.42 Å². The maximum atomic E-state index is 14.3. The van der Waals surface area contributed by atoms with Gasteiger partial charge in [0.1, 0.15) is 51.8 Å². The van der Waals surface area contributed by atoms with Crippen LogP contribution in [-0.4, -0.2) is 118 Å². The van der Waals surface area contributed by atoms with Crippen molar-refractivity contribution in [3.63, 3.8) is 0 Å². The van der Waals surface area contributed by atoms with Gasteiger partial charge in [0.05, 0.1) is 16.9 Å². The number of aliphatic hydroxyl groups excluding tert-OH is 1. The summed E-state index contributed by atoms with van der Waals surface area (Å²) in [6, 6.07) is 0. The van der Waals surface area contributed by atoms with Gasteiger partial charge in [-0.2, -0.15) is 35.1 Å². The standard InChI is InChI=1S/C44H60F8O11/c45-41(46)20-58-34(59-21-42(41,47)48)29-12-26-5-2-7-39(14-26,16-29)37(54)56-18-32-33(63-36(62-32)27-10-24-3-1-4-25(9-24)11-27)19-57-38(55)40-8-6-31(53)28(15-40)13-30(17-40)35-60-22-43(49,50)44(51,52)23-61-35/h24-36,53H,1-23H2. The average Bonchev–Trinajstić information content (AvgIpc) is 3.56. The Hall–Kier alpha value is -1.90. The van der Waals surface area contributed by atoms with Crippen LogP contribution in [-0.2, 0) is 47.5 Å².